The monoisotopic (exact) mass is 360 g/mol. The van der Waals surface area contributed by atoms with Crippen LogP contribution in [0.1, 0.15) is 43.0 Å². The molecule has 3 atom stereocenters. The first-order chi connectivity index (χ1) is 12.5. The largest absolute Gasteiger partial charge is 0.497 e. The molecule has 3 nitrogen and oxygen atoms in total. The van der Waals surface area contributed by atoms with E-state index in [0.717, 1.165) is 30.0 Å². The molecule has 26 heavy (non-hydrogen) atoms. The molecule has 0 amide bonds. The van der Waals surface area contributed by atoms with Gasteiger partial charge in [0, 0.05) is 30.7 Å². The Morgan fingerprint density at radius 1 is 0.962 bits per heavy atom. The van der Waals surface area contributed by atoms with Gasteiger partial charge in [-0.2, -0.15) is 0 Å². The zero-order valence-corrected chi connectivity index (χ0v) is 15.5. The van der Waals surface area contributed by atoms with Gasteiger partial charge in [0.1, 0.15) is 5.75 Å². The molecule has 2 aromatic carbocycles. The molecule has 1 N–H and O–H groups in total. The van der Waals surface area contributed by atoms with E-state index in [-0.39, 0.29) is 11.6 Å². The topological polar surface area (TPSA) is 24.5 Å². The van der Waals surface area contributed by atoms with Crippen LogP contribution in [-0.2, 0) is 0 Å². The Kier molecular flexibility index (Phi) is 5.89. The normalized spacial score (nSPS) is 22.4. The van der Waals surface area contributed by atoms with Gasteiger partial charge in [-0.3, -0.25) is 4.90 Å². The van der Waals surface area contributed by atoms with Gasteiger partial charge in [-0.05, 0) is 37.1 Å². The summed E-state index contributed by atoms with van der Waals surface area (Å²) in [7, 11) is 1.65. The van der Waals surface area contributed by atoms with E-state index in [4.69, 9.17) is 4.74 Å². The van der Waals surface area contributed by atoms with E-state index in [1.54, 1.807) is 7.11 Å². The van der Waals surface area contributed by atoms with Crippen molar-refractivity contribution in [2.75, 3.05) is 20.2 Å². The van der Waals surface area contributed by atoms with E-state index in [9.17, 15) is 8.78 Å². The standard InChI is InChI=1S/C21H26F2N2O/c1-14-13-25(15(2)12-24-14)20(17-8-10-19(26-3)11-9-17)16-4-6-18(7-5-16)21(22)23/h4-11,14-15,20-21,24H,12-13H2,1-3H3/t14-,15+,20?/m0/s1. The molecule has 0 saturated carbocycles. The Labute approximate surface area is 154 Å². The number of piperazine rings is 1. The number of alkyl halides is 2. The minimum Gasteiger partial charge on any atom is -0.497 e. The van der Waals surface area contributed by atoms with Crippen LogP contribution in [0.5, 0.6) is 5.75 Å². The number of halogens is 2. The highest BCUT2D eigenvalue weighted by molar-refractivity contribution is 5.37. The maximum atomic E-state index is 12.9. The molecule has 0 bridgehead atoms. The summed E-state index contributed by atoms with van der Waals surface area (Å²) in [6, 6.07) is 15.5. The Bertz CT molecular complexity index is 703. The molecule has 140 valence electrons. The SMILES string of the molecule is COc1ccc(C(c2ccc(C(F)F)cc2)N2C[C@H](C)NC[C@H]2C)cc1. The Morgan fingerprint density at radius 3 is 2.04 bits per heavy atom. The van der Waals surface area contributed by atoms with Gasteiger partial charge in [-0.25, -0.2) is 8.78 Å². The van der Waals surface area contributed by atoms with Gasteiger partial charge < -0.3 is 10.1 Å². The van der Waals surface area contributed by atoms with Crippen molar-refractivity contribution >= 4 is 0 Å². The van der Waals surface area contributed by atoms with Crippen molar-refractivity contribution in [2.24, 2.45) is 0 Å². The third-order valence-electron chi connectivity index (χ3n) is 5.08. The zero-order valence-electron chi connectivity index (χ0n) is 15.5. The van der Waals surface area contributed by atoms with Gasteiger partial charge in [0.05, 0.1) is 13.2 Å². The van der Waals surface area contributed by atoms with Gasteiger partial charge in [0.2, 0.25) is 0 Å². The van der Waals surface area contributed by atoms with Crippen molar-refractivity contribution in [3.63, 3.8) is 0 Å². The number of nitrogens with zero attached hydrogens (tertiary/aromatic N) is 1. The van der Waals surface area contributed by atoms with Crippen LogP contribution in [0.25, 0.3) is 0 Å². The van der Waals surface area contributed by atoms with Crippen LogP contribution in [0.3, 0.4) is 0 Å². The third kappa shape index (κ3) is 4.05. The minimum absolute atomic E-state index is 0.0205. The maximum absolute atomic E-state index is 12.9. The first kappa shape index (κ1) is 18.8. The fourth-order valence-corrected chi connectivity index (χ4v) is 3.59. The fourth-order valence-electron chi connectivity index (χ4n) is 3.59. The van der Waals surface area contributed by atoms with Gasteiger partial charge in [-0.15, -0.1) is 0 Å². The number of hydrogen-bond donors (Lipinski definition) is 1. The van der Waals surface area contributed by atoms with Gasteiger partial charge >= 0.3 is 0 Å². The van der Waals surface area contributed by atoms with E-state index in [1.165, 1.54) is 12.1 Å². The van der Waals surface area contributed by atoms with Crippen LogP contribution in [0.15, 0.2) is 48.5 Å². The first-order valence-corrected chi connectivity index (χ1v) is 9.00. The van der Waals surface area contributed by atoms with E-state index < -0.39 is 6.43 Å². The second-order valence-corrected chi connectivity index (χ2v) is 7.00. The summed E-state index contributed by atoms with van der Waals surface area (Å²) in [5.74, 6) is 0.808. The molecule has 3 rings (SSSR count). The average Bonchev–Trinajstić information content (AvgIpc) is 2.66. The summed E-state index contributed by atoms with van der Waals surface area (Å²) in [5, 5.41) is 3.50. The Balaban J connectivity index is 1.99. The molecule has 0 aromatic heterocycles. The molecule has 0 spiro atoms. The van der Waals surface area contributed by atoms with Crippen molar-refractivity contribution in [3.05, 3.63) is 65.2 Å². The molecule has 1 fully saturated rings. The lowest BCUT2D eigenvalue weighted by Crippen LogP contribution is -2.55. The lowest BCUT2D eigenvalue weighted by atomic mass is 9.93. The lowest BCUT2D eigenvalue weighted by Gasteiger charge is -2.43. The summed E-state index contributed by atoms with van der Waals surface area (Å²) in [4.78, 5) is 2.44. The summed E-state index contributed by atoms with van der Waals surface area (Å²) < 4.78 is 31.2. The molecule has 1 heterocycles. The summed E-state index contributed by atoms with van der Waals surface area (Å²) in [6.45, 7) is 6.17. The highest BCUT2D eigenvalue weighted by Gasteiger charge is 2.31. The Morgan fingerprint density at radius 2 is 1.50 bits per heavy atom. The number of nitrogens with one attached hydrogen (secondary N) is 1. The highest BCUT2D eigenvalue weighted by Crippen LogP contribution is 2.33. The van der Waals surface area contributed by atoms with E-state index in [1.807, 2.05) is 24.3 Å². The van der Waals surface area contributed by atoms with Crippen molar-refractivity contribution < 1.29 is 13.5 Å². The van der Waals surface area contributed by atoms with Gasteiger partial charge in [0.25, 0.3) is 6.43 Å². The van der Waals surface area contributed by atoms with Crippen molar-refractivity contribution in [3.8, 4) is 5.75 Å². The van der Waals surface area contributed by atoms with Crippen molar-refractivity contribution in [1.82, 2.24) is 10.2 Å². The molecule has 1 saturated heterocycles. The molecule has 2 aromatic rings. The predicted molar refractivity (Wildman–Crippen MR) is 99.9 cm³/mol. The van der Waals surface area contributed by atoms with Gasteiger partial charge in [0.15, 0.2) is 0 Å². The lowest BCUT2D eigenvalue weighted by molar-refractivity contribution is 0.113. The van der Waals surface area contributed by atoms with Crippen LogP contribution < -0.4 is 10.1 Å². The van der Waals surface area contributed by atoms with E-state index in [0.29, 0.717) is 12.1 Å². The number of ether oxygens (including phenoxy) is 1. The smallest absolute Gasteiger partial charge is 0.263 e. The minimum atomic E-state index is -2.44. The fraction of sp³-hybridized carbons (Fsp3) is 0.429. The quantitative estimate of drug-likeness (QED) is 0.855. The van der Waals surface area contributed by atoms with Crippen LogP contribution in [0.4, 0.5) is 8.78 Å². The second kappa shape index (κ2) is 8.14. The van der Waals surface area contributed by atoms with Crippen molar-refractivity contribution in [1.29, 1.82) is 0 Å². The predicted octanol–water partition coefficient (Wildman–Crippen LogP) is 4.40. The maximum Gasteiger partial charge on any atom is 0.263 e. The summed E-state index contributed by atoms with van der Waals surface area (Å²) in [5.41, 5.74) is 2.22. The van der Waals surface area contributed by atoms with Crippen LogP contribution >= 0.6 is 0 Å². The number of rotatable bonds is 5. The summed E-state index contributed by atoms with van der Waals surface area (Å²) in [6.07, 6.45) is -2.44. The first-order valence-electron chi connectivity index (χ1n) is 9.00. The van der Waals surface area contributed by atoms with Crippen molar-refractivity contribution in [2.45, 2.75) is 38.4 Å². The molecule has 1 unspecified atom stereocenters. The third-order valence-corrected chi connectivity index (χ3v) is 5.08. The number of benzene rings is 2. The molecule has 0 radical (unpaired) electrons. The molecular weight excluding hydrogens is 334 g/mol. The zero-order chi connectivity index (χ0) is 18.7. The molecule has 1 aliphatic heterocycles. The molecule has 5 heteroatoms. The van der Waals surface area contributed by atoms with Crippen LogP contribution in [0.2, 0.25) is 0 Å². The molecule has 1 aliphatic rings. The Hall–Kier alpha value is -1.98. The second-order valence-electron chi connectivity index (χ2n) is 7.00. The van der Waals surface area contributed by atoms with Crippen LogP contribution in [0, 0.1) is 0 Å². The number of hydrogen-bond acceptors (Lipinski definition) is 3. The molecule has 0 aliphatic carbocycles. The number of methoxy groups -OCH3 is 1. The van der Waals surface area contributed by atoms with Gasteiger partial charge in [-0.1, -0.05) is 36.4 Å². The summed E-state index contributed by atoms with van der Waals surface area (Å²) >= 11 is 0. The highest BCUT2D eigenvalue weighted by atomic mass is 19.3. The van der Waals surface area contributed by atoms with E-state index >= 15 is 0 Å². The van der Waals surface area contributed by atoms with Crippen LogP contribution in [-0.4, -0.2) is 37.2 Å². The van der Waals surface area contributed by atoms with E-state index in [2.05, 4.69) is 36.2 Å². The molecular formula is C21H26F2N2O. The average molecular weight is 360 g/mol.